The zero-order valence-corrected chi connectivity index (χ0v) is 12.5. The number of carbonyl (C=O) groups is 1. The zero-order valence-electron chi connectivity index (χ0n) is 9.32. The third-order valence-corrected chi connectivity index (χ3v) is 3.69. The van der Waals surface area contributed by atoms with Crippen molar-refractivity contribution in [1.29, 1.82) is 0 Å². The van der Waals surface area contributed by atoms with Gasteiger partial charge in [-0.15, -0.1) is 22.9 Å². The summed E-state index contributed by atoms with van der Waals surface area (Å²) in [5.74, 6) is 0.207. The Balaban J connectivity index is 2.10. The number of hydrogen-bond donors (Lipinski definition) is 1. The van der Waals surface area contributed by atoms with E-state index in [1.54, 1.807) is 0 Å². The molecular weight excluding hydrogens is 336 g/mol. The first kappa shape index (κ1) is 13.5. The molecule has 0 atom stereocenters. The second kappa shape index (κ2) is 6.31. The maximum Gasteiger partial charge on any atom is 0.227 e. The van der Waals surface area contributed by atoms with E-state index in [0.717, 1.165) is 15.7 Å². The molecular formula is C12H10BrClN2OS. The Kier molecular flexibility index (Phi) is 4.74. The number of benzene rings is 1. The molecule has 6 heteroatoms. The lowest BCUT2D eigenvalue weighted by Gasteiger charge is -1.98. The van der Waals surface area contributed by atoms with Gasteiger partial charge in [0.05, 0.1) is 5.69 Å². The van der Waals surface area contributed by atoms with Gasteiger partial charge < -0.3 is 5.32 Å². The normalized spacial score (nSPS) is 10.3. The molecule has 0 fully saturated rings. The van der Waals surface area contributed by atoms with Gasteiger partial charge in [0, 0.05) is 27.7 Å². The summed E-state index contributed by atoms with van der Waals surface area (Å²) in [4.78, 5) is 15.7. The number of hydrogen-bond acceptors (Lipinski definition) is 3. The molecule has 1 aromatic heterocycles. The van der Waals surface area contributed by atoms with Crippen molar-refractivity contribution >= 4 is 49.9 Å². The molecule has 1 aromatic carbocycles. The van der Waals surface area contributed by atoms with Gasteiger partial charge in [0.1, 0.15) is 0 Å². The number of halogens is 2. The van der Waals surface area contributed by atoms with E-state index in [1.807, 2.05) is 29.6 Å². The Bertz CT molecular complexity index is 541. The van der Waals surface area contributed by atoms with Gasteiger partial charge in [0.15, 0.2) is 5.13 Å². The number of aromatic nitrogens is 1. The van der Waals surface area contributed by atoms with Crippen LogP contribution >= 0.6 is 38.9 Å². The number of nitrogens with zero attached hydrogens (tertiary/aromatic N) is 1. The minimum Gasteiger partial charge on any atom is -0.302 e. The van der Waals surface area contributed by atoms with E-state index in [2.05, 4.69) is 26.2 Å². The predicted molar refractivity (Wildman–Crippen MR) is 79.2 cm³/mol. The topological polar surface area (TPSA) is 42.0 Å². The molecule has 0 saturated heterocycles. The van der Waals surface area contributed by atoms with Gasteiger partial charge in [0.2, 0.25) is 5.91 Å². The molecule has 0 aliphatic heterocycles. The van der Waals surface area contributed by atoms with Crippen LogP contribution in [0.2, 0.25) is 0 Å². The van der Waals surface area contributed by atoms with E-state index in [1.165, 1.54) is 11.3 Å². The molecule has 1 amide bonds. The summed E-state index contributed by atoms with van der Waals surface area (Å²) in [6, 6.07) is 7.87. The van der Waals surface area contributed by atoms with E-state index < -0.39 is 0 Å². The van der Waals surface area contributed by atoms with Crippen LogP contribution in [0.15, 0.2) is 34.1 Å². The van der Waals surface area contributed by atoms with Crippen molar-refractivity contribution < 1.29 is 4.79 Å². The van der Waals surface area contributed by atoms with Crippen molar-refractivity contribution in [3.05, 3.63) is 34.1 Å². The highest BCUT2D eigenvalue weighted by Crippen LogP contribution is 2.26. The average molecular weight is 346 g/mol. The van der Waals surface area contributed by atoms with Crippen molar-refractivity contribution in [2.24, 2.45) is 0 Å². The van der Waals surface area contributed by atoms with Crippen LogP contribution in [0.5, 0.6) is 0 Å². The van der Waals surface area contributed by atoms with Crippen molar-refractivity contribution in [1.82, 2.24) is 4.98 Å². The van der Waals surface area contributed by atoms with Gasteiger partial charge in [-0.2, -0.15) is 0 Å². The Morgan fingerprint density at radius 3 is 2.78 bits per heavy atom. The van der Waals surface area contributed by atoms with Gasteiger partial charge in [-0.25, -0.2) is 4.98 Å². The Morgan fingerprint density at radius 2 is 2.11 bits per heavy atom. The smallest absolute Gasteiger partial charge is 0.227 e. The Hall–Kier alpha value is -0.910. The standard InChI is InChI=1S/C12H10BrClN2OS/c13-9-3-1-8(2-4-9)10-7-18-12(15-10)16-11(17)5-6-14/h1-4,7H,5-6H2,(H,15,16,17). The number of thiazole rings is 1. The number of amides is 1. The SMILES string of the molecule is O=C(CCCl)Nc1nc(-c2ccc(Br)cc2)cs1. The highest BCUT2D eigenvalue weighted by atomic mass is 79.9. The number of nitrogens with one attached hydrogen (secondary N) is 1. The lowest BCUT2D eigenvalue weighted by atomic mass is 10.2. The number of anilines is 1. The fourth-order valence-corrected chi connectivity index (χ4v) is 2.52. The lowest BCUT2D eigenvalue weighted by molar-refractivity contribution is -0.115. The molecule has 1 N–H and O–H groups in total. The molecule has 1 heterocycles. The first-order valence-electron chi connectivity index (χ1n) is 5.26. The summed E-state index contributed by atoms with van der Waals surface area (Å²) in [6.07, 6.45) is 0.300. The van der Waals surface area contributed by atoms with E-state index in [-0.39, 0.29) is 5.91 Å². The fourth-order valence-electron chi connectivity index (χ4n) is 1.35. The van der Waals surface area contributed by atoms with Crippen molar-refractivity contribution in [3.63, 3.8) is 0 Å². The monoisotopic (exact) mass is 344 g/mol. The van der Waals surface area contributed by atoms with Crippen LogP contribution < -0.4 is 5.32 Å². The number of rotatable bonds is 4. The molecule has 0 spiro atoms. The molecule has 2 aromatic rings. The highest BCUT2D eigenvalue weighted by molar-refractivity contribution is 9.10. The van der Waals surface area contributed by atoms with Crippen LogP contribution in [-0.2, 0) is 4.79 Å². The van der Waals surface area contributed by atoms with Crippen LogP contribution in [0.1, 0.15) is 6.42 Å². The summed E-state index contributed by atoms with van der Waals surface area (Å²) in [6.45, 7) is 0. The Morgan fingerprint density at radius 1 is 1.39 bits per heavy atom. The van der Waals surface area contributed by atoms with Crippen molar-refractivity contribution in [3.8, 4) is 11.3 Å². The average Bonchev–Trinajstić information content (AvgIpc) is 2.78. The van der Waals surface area contributed by atoms with Crippen LogP contribution in [-0.4, -0.2) is 16.8 Å². The maximum absolute atomic E-state index is 11.4. The van der Waals surface area contributed by atoms with Crippen molar-refractivity contribution in [2.45, 2.75) is 6.42 Å². The largest absolute Gasteiger partial charge is 0.302 e. The first-order valence-corrected chi connectivity index (χ1v) is 7.47. The molecule has 94 valence electrons. The summed E-state index contributed by atoms with van der Waals surface area (Å²) in [7, 11) is 0. The number of carbonyl (C=O) groups excluding carboxylic acids is 1. The van der Waals surface area contributed by atoms with Gasteiger partial charge >= 0.3 is 0 Å². The van der Waals surface area contributed by atoms with Gasteiger partial charge in [-0.1, -0.05) is 28.1 Å². The van der Waals surface area contributed by atoms with Gasteiger partial charge in [-0.3, -0.25) is 4.79 Å². The van der Waals surface area contributed by atoms with E-state index in [9.17, 15) is 4.79 Å². The predicted octanol–water partition coefficient (Wildman–Crippen LogP) is 4.14. The van der Waals surface area contributed by atoms with Gasteiger partial charge in [0.25, 0.3) is 0 Å². The van der Waals surface area contributed by atoms with Crippen molar-refractivity contribution in [2.75, 3.05) is 11.2 Å². The van der Waals surface area contributed by atoms with Crippen LogP contribution in [0, 0.1) is 0 Å². The van der Waals surface area contributed by atoms with E-state index in [0.29, 0.717) is 17.4 Å². The second-order valence-electron chi connectivity index (χ2n) is 3.53. The van der Waals surface area contributed by atoms with Crippen LogP contribution in [0.3, 0.4) is 0 Å². The summed E-state index contributed by atoms with van der Waals surface area (Å²) in [5, 5.41) is 5.24. The van der Waals surface area contributed by atoms with E-state index >= 15 is 0 Å². The molecule has 0 radical (unpaired) electrons. The van der Waals surface area contributed by atoms with Crippen LogP contribution in [0.4, 0.5) is 5.13 Å². The van der Waals surface area contributed by atoms with Gasteiger partial charge in [-0.05, 0) is 12.1 Å². The fraction of sp³-hybridized carbons (Fsp3) is 0.167. The summed E-state index contributed by atoms with van der Waals surface area (Å²) >= 11 is 10.3. The summed E-state index contributed by atoms with van der Waals surface area (Å²) < 4.78 is 1.03. The summed E-state index contributed by atoms with van der Waals surface area (Å²) in [5.41, 5.74) is 1.88. The molecule has 0 saturated carbocycles. The maximum atomic E-state index is 11.4. The van der Waals surface area contributed by atoms with E-state index in [4.69, 9.17) is 11.6 Å². The number of alkyl halides is 1. The lowest BCUT2D eigenvalue weighted by Crippen LogP contribution is -2.11. The highest BCUT2D eigenvalue weighted by Gasteiger charge is 2.07. The first-order chi connectivity index (χ1) is 8.69. The minimum atomic E-state index is -0.110. The molecule has 0 aliphatic carbocycles. The van der Waals surface area contributed by atoms with Crippen LogP contribution in [0.25, 0.3) is 11.3 Å². The molecule has 0 unspecified atom stereocenters. The Labute approximate surface area is 122 Å². The zero-order chi connectivity index (χ0) is 13.0. The molecule has 18 heavy (non-hydrogen) atoms. The third kappa shape index (κ3) is 3.54. The molecule has 0 aliphatic rings. The second-order valence-corrected chi connectivity index (χ2v) is 5.68. The molecule has 0 bridgehead atoms. The molecule has 3 nitrogen and oxygen atoms in total. The molecule has 2 rings (SSSR count). The third-order valence-electron chi connectivity index (χ3n) is 2.21. The minimum absolute atomic E-state index is 0.110. The quantitative estimate of drug-likeness (QED) is 0.846.